The second kappa shape index (κ2) is 2.74. The minimum atomic E-state index is 0.609. The summed E-state index contributed by atoms with van der Waals surface area (Å²) in [7, 11) is 0. The van der Waals surface area contributed by atoms with Crippen LogP contribution in [0.5, 0.6) is 0 Å². The van der Waals surface area contributed by atoms with Crippen LogP contribution in [0.25, 0.3) is 6.08 Å². The summed E-state index contributed by atoms with van der Waals surface area (Å²) in [5.74, 6) is 0.609. The van der Waals surface area contributed by atoms with Crippen molar-refractivity contribution in [2.75, 3.05) is 5.73 Å². The zero-order chi connectivity index (χ0) is 7.40. The van der Waals surface area contributed by atoms with Gasteiger partial charge in [0.1, 0.15) is 5.82 Å². The molecule has 1 aromatic rings. The van der Waals surface area contributed by atoms with Crippen LogP contribution in [0.2, 0.25) is 0 Å². The molecule has 0 aromatic carbocycles. The molecule has 0 radical (unpaired) electrons. The first-order chi connectivity index (χ1) is 4.83. The highest BCUT2D eigenvalue weighted by Crippen LogP contribution is 2.03. The molecule has 0 amide bonds. The van der Waals surface area contributed by atoms with E-state index in [4.69, 9.17) is 11.0 Å². The van der Waals surface area contributed by atoms with Gasteiger partial charge in [-0.15, -0.1) is 0 Å². The summed E-state index contributed by atoms with van der Waals surface area (Å²) in [5.41, 5.74) is 6.22. The average molecular weight is 133 g/mol. The minimum Gasteiger partial charge on any atom is -0.385 e. The van der Waals surface area contributed by atoms with E-state index in [1.54, 1.807) is 12.1 Å². The smallest absolute Gasteiger partial charge is 0.101 e. The van der Waals surface area contributed by atoms with Crippen LogP contribution in [0.3, 0.4) is 0 Å². The predicted octanol–water partition coefficient (Wildman–Crippen LogP) is 1.13. The Morgan fingerprint density at radius 3 is 2.90 bits per heavy atom. The average Bonchev–Trinajstić information content (AvgIpc) is 2.31. The maximum Gasteiger partial charge on any atom is 0.101 e. The fourth-order valence-corrected chi connectivity index (χ4v) is 0.654. The van der Waals surface area contributed by atoms with E-state index in [2.05, 4.69) is 4.98 Å². The number of aromatic nitrogens is 1. The quantitative estimate of drug-likeness (QED) is 0.564. The number of anilines is 1. The zero-order valence-corrected chi connectivity index (χ0v) is 5.33. The van der Waals surface area contributed by atoms with Gasteiger partial charge in [-0.05, 0) is 18.2 Å². The Balaban J connectivity index is 2.78. The molecule has 3 heteroatoms. The third-order valence-corrected chi connectivity index (χ3v) is 1.07. The summed E-state index contributed by atoms with van der Waals surface area (Å²) >= 11 is 0. The van der Waals surface area contributed by atoms with Gasteiger partial charge in [-0.25, -0.2) is 0 Å². The number of nitrogen functional groups attached to an aromatic ring is 1. The number of nitriles is 1. The second-order valence-corrected chi connectivity index (χ2v) is 1.83. The highest BCUT2D eigenvalue weighted by molar-refractivity contribution is 5.51. The Bertz CT molecular complexity index is 277. The van der Waals surface area contributed by atoms with Gasteiger partial charge in [-0.1, -0.05) is 0 Å². The summed E-state index contributed by atoms with van der Waals surface area (Å²) < 4.78 is 0. The molecule has 0 aliphatic carbocycles. The largest absolute Gasteiger partial charge is 0.385 e. The molecule has 0 bridgehead atoms. The van der Waals surface area contributed by atoms with Crippen LogP contribution in [0.1, 0.15) is 5.69 Å². The Morgan fingerprint density at radius 1 is 1.60 bits per heavy atom. The minimum absolute atomic E-state index is 0.609. The fraction of sp³-hybridized carbons (Fsp3) is 0. The number of aromatic amines is 1. The Kier molecular flexibility index (Phi) is 1.76. The van der Waals surface area contributed by atoms with E-state index in [9.17, 15) is 0 Å². The molecule has 3 N–H and O–H groups in total. The molecule has 1 aromatic heterocycles. The third kappa shape index (κ3) is 1.39. The predicted molar refractivity (Wildman–Crippen MR) is 39.9 cm³/mol. The number of allylic oxidation sites excluding steroid dienone is 1. The van der Waals surface area contributed by atoms with E-state index in [0.29, 0.717) is 5.82 Å². The number of nitrogens with two attached hydrogens (primary N) is 1. The number of hydrogen-bond donors (Lipinski definition) is 2. The van der Waals surface area contributed by atoms with E-state index in [1.165, 1.54) is 6.08 Å². The molecule has 3 nitrogen and oxygen atoms in total. The highest BCUT2D eigenvalue weighted by atomic mass is 14.8. The molecule has 0 saturated carbocycles. The van der Waals surface area contributed by atoms with Crippen molar-refractivity contribution in [2.45, 2.75) is 0 Å². The van der Waals surface area contributed by atoms with Gasteiger partial charge in [0, 0.05) is 11.8 Å². The molecule has 1 rings (SSSR count). The van der Waals surface area contributed by atoms with E-state index in [0.717, 1.165) is 5.69 Å². The standard InChI is InChI=1S/C7H7N3/c8-5-1-2-6-3-4-7(9)10-6/h1-4,10H,9H2/b2-1+. The van der Waals surface area contributed by atoms with Crippen LogP contribution in [-0.4, -0.2) is 4.98 Å². The molecule has 0 atom stereocenters. The summed E-state index contributed by atoms with van der Waals surface area (Å²) in [4.78, 5) is 2.85. The van der Waals surface area contributed by atoms with Crippen molar-refractivity contribution < 1.29 is 0 Å². The Morgan fingerprint density at radius 2 is 2.40 bits per heavy atom. The van der Waals surface area contributed by atoms with Crippen molar-refractivity contribution in [3.63, 3.8) is 0 Å². The van der Waals surface area contributed by atoms with Gasteiger partial charge in [0.25, 0.3) is 0 Å². The fourth-order valence-electron chi connectivity index (χ4n) is 0.654. The lowest BCUT2D eigenvalue weighted by Gasteiger charge is -1.81. The van der Waals surface area contributed by atoms with Crippen LogP contribution in [0.15, 0.2) is 18.2 Å². The van der Waals surface area contributed by atoms with E-state index >= 15 is 0 Å². The summed E-state index contributed by atoms with van der Waals surface area (Å²) in [6, 6.07) is 5.44. The van der Waals surface area contributed by atoms with Crippen molar-refractivity contribution in [1.29, 1.82) is 5.26 Å². The van der Waals surface area contributed by atoms with Crippen LogP contribution in [0.4, 0.5) is 5.82 Å². The summed E-state index contributed by atoms with van der Waals surface area (Å²) in [6.07, 6.45) is 3.06. The Hall–Kier alpha value is -1.69. The number of nitrogens with one attached hydrogen (secondary N) is 1. The lowest BCUT2D eigenvalue weighted by Crippen LogP contribution is -1.81. The number of rotatable bonds is 1. The lowest BCUT2D eigenvalue weighted by molar-refractivity contribution is 1.38. The van der Waals surface area contributed by atoms with Crippen molar-refractivity contribution in [1.82, 2.24) is 4.98 Å². The number of nitrogens with zero attached hydrogens (tertiary/aromatic N) is 1. The van der Waals surface area contributed by atoms with Crippen LogP contribution in [-0.2, 0) is 0 Å². The van der Waals surface area contributed by atoms with Gasteiger partial charge in [0.2, 0.25) is 0 Å². The molecular formula is C7H7N3. The van der Waals surface area contributed by atoms with Gasteiger partial charge in [0.15, 0.2) is 0 Å². The van der Waals surface area contributed by atoms with E-state index in [-0.39, 0.29) is 0 Å². The van der Waals surface area contributed by atoms with Crippen LogP contribution < -0.4 is 5.73 Å². The molecule has 10 heavy (non-hydrogen) atoms. The van der Waals surface area contributed by atoms with Gasteiger partial charge in [-0.3, -0.25) is 0 Å². The molecule has 0 aliphatic heterocycles. The molecule has 1 heterocycles. The monoisotopic (exact) mass is 133 g/mol. The van der Waals surface area contributed by atoms with E-state index < -0.39 is 0 Å². The van der Waals surface area contributed by atoms with Gasteiger partial charge in [0.05, 0.1) is 6.07 Å². The molecule has 0 fully saturated rings. The molecule has 0 unspecified atom stereocenters. The molecule has 0 saturated heterocycles. The molecular weight excluding hydrogens is 126 g/mol. The molecule has 0 aliphatic rings. The van der Waals surface area contributed by atoms with Crippen molar-refractivity contribution in [3.8, 4) is 6.07 Å². The highest BCUT2D eigenvalue weighted by Gasteiger charge is 1.87. The maximum absolute atomic E-state index is 8.15. The van der Waals surface area contributed by atoms with Crippen LogP contribution in [0, 0.1) is 11.3 Å². The number of H-pyrrole nitrogens is 1. The lowest BCUT2D eigenvalue weighted by atomic mass is 10.4. The van der Waals surface area contributed by atoms with Crippen molar-refractivity contribution in [2.24, 2.45) is 0 Å². The van der Waals surface area contributed by atoms with Gasteiger partial charge < -0.3 is 10.7 Å². The van der Waals surface area contributed by atoms with Crippen molar-refractivity contribution >= 4 is 11.9 Å². The van der Waals surface area contributed by atoms with Gasteiger partial charge in [-0.2, -0.15) is 5.26 Å². The first-order valence-corrected chi connectivity index (χ1v) is 2.83. The Labute approximate surface area is 58.8 Å². The topological polar surface area (TPSA) is 65.6 Å². The SMILES string of the molecule is N#C/C=C/c1ccc(N)[nH]1. The van der Waals surface area contributed by atoms with Gasteiger partial charge >= 0.3 is 0 Å². The third-order valence-electron chi connectivity index (χ3n) is 1.07. The second-order valence-electron chi connectivity index (χ2n) is 1.83. The van der Waals surface area contributed by atoms with Crippen LogP contribution >= 0.6 is 0 Å². The first-order valence-electron chi connectivity index (χ1n) is 2.83. The first kappa shape index (κ1) is 6.43. The normalized spacial score (nSPS) is 9.90. The summed E-state index contributed by atoms with van der Waals surface area (Å²) in [6.45, 7) is 0. The molecule has 50 valence electrons. The maximum atomic E-state index is 8.15. The summed E-state index contributed by atoms with van der Waals surface area (Å²) in [5, 5.41) is 8.15. The number of hydrogen-bond acceptors (Lipinski definition) is 2. The van der Waals surface area contributed by atoms with Crippen molar-refractivity contribution in [3.05, 3.63) is 23.9 Å². The molecule has 0 spiro atoms. The van der Waals surface area contributed by atoms with E-state index in [1.807, 2.05) is 12.1 Å². The zero-order valence-electron chi connectivity index (χ0n) is 5.33.